The summed E-state index contributed by atoms with van der Waals surface area (Å²) in [5.41, 5.74) is 2.32. The van der Waals surface area contributed by atoms with E-state index in [0.717, 1.165) is 5.56 Å². The normalized spacial score (nSPS) is 21.3. The molecule has 2 unspecified atom stereocenters. The summed E-state index contributed by atoms with van der Waals surface area (Å²) in [7, 11) is 2.79. The molecular formula is C19H27NO4. The van der Waals surface area contributed by atoms with Gasteiger partial charge in [0.1, 0.15) is 0 Å². The number of hydrogen-bond acceptors (Lipinski definition) is 4. The Hall–Kier alpha value is -2.04. The van der Waals surface area contributed by atoms with Crippen LogP contribution in [-0.4, -0.2) is 37.7 Å². The predicted molar refractivity (Wildman–Crippen MR) is 91.7 cm³/mol. The van der Waals surface area contributed by atoms with Crippen molar-refractivity contribution < 1.29 is 19.1 Å². The molecule has 0 spiro atoms. The fraction of sp³-hybridized carbons (Fsp3) is 0.579. The van der Waals surface area contributed by atoms with E-state index in [2.05, 4.69) is 32.9 Å². The van der Waals surface area contributed by atoms with Gasteiger partial charge in [0.2, 0.25) is 0 Å². The number of nitrogens with zero attached hydrogens (tertiary/aromatic N) is 1. The Morgan fingerprint density at radius 2 is 1.71 bits per heavy atom. The second kappa shape index (κ2) is 7.24. The lowest BCUT2D eigenvalue weighted by molar-refractivity contribution is -0.147. The average Bonchev–Trinajstić information content (AvgIpc) is 2.59. The van der Waals surface area contributed by atoms with Gasteiger partial charge in [-0.3, -0.25) is 4.79 Å². The number of amides is 1. The minimum absolute atomic E-state index is 0.0711. The Labute approximate surface area is 143 Å². The monoisotopic (exact) mass is 333 g/mol. The lowest BCUT2D eigenvalue weighted by Gasteiger charge is -2.38. The number of esters is 1. The Bertz CT molecular complexity index is 588. The highest BCUT2D eigenvalue weighted by atomic mass is 16.5. The smallest absolute Gasteiger partial charge is 0.409 e. The molecule has 0 radical (unpaired) electrons. The zero-order valence-electron chi connectivity index (χ0n) is 15.2. The molecule has 1 aliphatic rings. The molecule has 5 nitrogen and oxygen atoms in total. The first-order valence-electron chi connectivity index (χ1n) is 8.30. The van der Waals surface area contributed by atoms with Gasteiger partial charge in [-0.1, -0.05) is 45.0 Å². The molecule has 1 saturated heterocycles. The molecule has 0 saturated carbocycles. The number of methoxy groups -OCH3 is 2. The summed E-state index contributed by atoms with van der Waals surface area (Å²) in [5.74, 6) is -0.404. The number of rotatable bonds is 2. The lowest BCUT2D eigenvalue weighted by Crippen LogP contribution is -2.42. The quantitative estimate of drug-likeness (QED) is 0.775. The van der Waals surface area contributed by atoms with Crippen molar-refractivity contribution in [2.24, 2.45) is 5.92 Å². The van der Waals surface area contributed by atoms with Crippen LogP contribution in [0.4, 0.5) is 4.79 Å². The molecule has 24 heavy (non-hydrogen) atoms. The van der Waals surface area contributed by atoms with Gasteiger partial charge < -0.3 is 14.4 Å². The number of benzene rings is 1. The molecule has 1 amide bonds. The van der Waals surface area contributed by atoms with E-state index in [1.165, 1.54) is 19.8 Å². The second-order valence-corrected chi connectivity index (χ2v) is 7.30. The molecule has 5 heteroatoms. The van der Waals surface area contributed by atoms with Gasteiger partial charge in [-0.15, -0.1) is 0 Å². The molecule has 1 fully saturated rings. The fourth-order valence-electron chi connectivity index (χ4n) is 3.20. The van der Waals surface area contributed by atoms with E-state index in [1.54, 1.807) is 4.90 Å². The zero-order valence-corrected chi connectivity index (χ0v) is 15.2. The molecule has 0 bridgehead atoms. The van der Waals surface area contributed by atoms with Crippen molar-refractivity contribution in [2.75, 3.05) is 20.8 Å². The zero-order chi connectivity index (χ0) is 17.9. The largest absolute Gasteiger partial charge is 0.469 e. The third-order valence-electron chi connectivity index (χ3n) is 4.71. The van der Waals surface area contributed by atoms with Crippen molar-refractivity contribution in [2.45, 2.75) is 45.1 Å². The predicted octanol–water partition coefficient (Wildman–Crippen LogP) is 3.68. The highest BCUT2D eigenvalue weighted by Crippen LogP contribution is 2.36. The molecule has 0 aliphatic carbocycles. The van der Waals surface area contributed by atoms with Crippen molar-refractivity contribution >= 4 is 12.1 Å². The molecule has 2 atom stereocenters. The standard InChI is InChI=1S/C19H27NO4/c1-19(2,3)15-8-6-13(7-9-15)16-12-14(17(21)23-4)10-11-20(16)18(22)24-5/h6-9,14,16H,10-12H2,1-5H3. The molecule has 2 rings (SSSR count). The summed E-state index contributed by atoms with van der Waals surface area (Å²) in [6.07, 6.45) is 0.790. The Kier molecular flexibility index (Phi) is 5.52. The van der Waals surface area contributed by atoms with Crippen LogP contribution in [0.2, 0.25) is 0 Å². The minimum Gasteiger partial charge on any atom is -0.469 e. The van der Waals surface area contributed by atoms with Crippen LogP contribution in [0.1, 0.15) is 50.8 Å². The number of hydrogen-bond donors (Lipinski definition) is 0. The van der Waals surface area contributed by atoms with Gasteiger partial charge in [-0.25, -0.2) is 4.79 Å². The van der Waals surface area contributed by atoms with Crippen LogP contribution in [-0.2, 0) is 19.7 Å². The van der Waals surface area contributed by atoms with Crippen LogP contribution < -0.4 is 0 Å². The maximum atomic E-state index is 12.1. The third-order valence-corrected chi connectivity index (χ3v) is 4.71. The third kappa shape index (κ3) is 3.89. The van der Waals surface area contributed by atoms with E-state index in [0.29, 0.717) is 19.4 Å². The second-order valence-electron chi connectivity index (χ2n) is 7.30. The molecule has 1 aliphatic heterocycles. The summed E-state index contributed by atoms with van der Waals surface area (Å²) < 4.78 is 9.80. The molecule has 0 aromatic heterocycles. The Balaban J connectivity index is 2.29. The maximum absolute atomic E-state index is 12.1. The van der Waals surface area contributed by atoms with Crippen LogP contribution in [0.15, 0.2) is 24.3 Å². The van der Waals surface area contributed by atoms with E-state index in [4.69, 9.17) is 9.47 Å². The van der Waals surface area contributed by atoms with Crippen LogP contribution in [0.3, 0.4) is 0 Å². The SMILES string of the molecule is COC(=O)C1CCN(C(=O)OC)C(c2ccc(C(C)(C)C)cc2)C1. The number of ether oxygens (including phenoxy) is 2. The minimum atomic E-state index is -0.358. The van der Waals surface area contributed by atoms with Gasteiger partial charge in [0, 0.05) is 6.54 Å². The molecule has 132 valence electrons. The number of carbonyl (C=O) groups excluding carboxylic acids is 2. The van der Waals surface area contributed by atoms with Gasteiger partial charge in [-0.2, -0.15) is 0 Å². The summed E-state index contributed by atoms with van der Waals surface area (Å²) in [4.78, 5) is 25.7. The molecule has 1 aromatic carbocycles. The van der Waals surface area contributed by atoms with Crippen molar-refractivity contribution in [1.82, 2.24) is 4.90 Å². The van der Waals surface area contributed by atoms with Crippen molar-refractivity contribution in [3.05, 3.63) is 35.4 Å². The number of likely N-dealkylation sites (tertiary alicyclic amines) is 1. The van der Waals surface area contributed by atoms with Crippen molar-refractivity contribution in [3.63, 3.8) is 0 Å². The van der Waals surface area contributed by atoms with Crippen molar-refractivity contribution in [3.8, 4) is 0 Å². The average molecular weight is 333 g/mol. The van der Waals surface area contributed by atoms with Gasteiger partial charge in [0.15, 0.2) is 0 Å². The van der Waals surface area contributed by atoms with E-state index >= 15 is 0 Å². The molecule has 0 N–H and O–H groups in total. The summed E-state index contributed by atoms with van der Waals surface area (Å²) in [6, 6.07) is 8.09. The number of carbonyl (C=O) groups is 2. The fourth-order valence-corrected chi connectivity index (χ4v) is 3.20. The summed E-state index contributed by atoms with van der Waals surface area (Å²) in [5, 5.41) is 0. The van der Waals surface area contributed by atoms with Crippen LogP contribution in [0.25, 0.3) is 0 Å². The first-order valence-corrected chi connectivity index (χ1v) is 8.30. The first-order chi connectivity index (χ1) is 11.3. The maximum Gasteiger partial charge on any atom is 0.409 e. The van der Waals surface area contributed by atoms with Gasteiger partial charge in [0.05, 0.1) is 26.2 Å². The Morgan fingerprint density at radius 1 is 1.08 bits per heavy atom. The molecular weight excluding hydrogens is 306 g/mol. The summed E-state index contributed by atoms with van der Waals surface area (Å²) in [6.45, 7) is 6.97. The topological polar surface area (TPSA) is 55.8 Å². The Morgan fingerprint density at radius 3 is 2.21 bits per heavy atom. The number of piperidine rings is 1. The van der Waals surface area contributed by atoms with Crippen LogP contribution in [0, 0.1) is 5.92 Å². The van der Waals surface area contributed by atoms with E-state index in [-0.39, 0.29) is 29.4 Å². The highest BCUT2D eigenvalue weighted by Gasteiger charge is 2.36. The van der Waals surface area contributed by atoms with Gasteiger partial charge >= 0.3 is 12.1 Å². The van der Waals surface area contributed by atoms with Gasteiger partial charge in [0.25, 0.3) is 0 Å². The van der Waals surface area contributed by atoms with E-state index < -0.39 is 0 Å². The summed E-state index contributed by atoms with van der Waals surface area (Å²) >= 11 is 0. The highest BCUT2D eigenvalue weighted by molar-refractivity contribution is 5.74. The van der Waals surface area contributed by atoms with Gasteiger partial charge in [-0.05, 0) is 29.4 Å². The van der Waals surface area contributed by atoms with Crippen LogP contribution in [0.5, 0.6) is 0 Å². The van der Waals surface area contributed by atoms with E-state index in [1.807, 2.05) is 12.1 Å². The first kappa shape index (κ1) is 18.3. The van der Waals surface area contributed by atoms with Crippen LogP contribution >= 0.6 is 0 Å². The van der Waals surface area contributed by atoms with Crippen molar-refractivity contribution in [1.29, 1.82) is 0 Å². The molecule has 1 heterocycles. The molecule has 1 aromatic rings. The lowest BCUT2D eigenvalue weighted by atomic mass is 9.84. The van der Waals surface area contributed by atoms with E-state index in [9.17, 15) is 9.59 Å².